The van der Waals surface area contributed by atoms with Crippen molar-refractivity contribution in [2.45, 2.75) is 25.3 Å². The van der Waals surface area contributed by atoms with Gasteiger partial charge in [0.25, 0.3) is 0 Å². The predicted molar refractivity (Wildman–Crippen MR) is 106 cm³/mol. The second-order valence-electron chi connectivity index (χ2n) is 6.15. The molecule has 1 unspecified atom stereocenters. The van der Waals surface area contributed by atoms with Crippen LogP contribution in [0.5, 0.6) is 0 Å². The first kappa shape index (κ1) is 21.2. The van der Waals surface area contributed by atoms with Crippen LogP contribution in [-0.4, -0.2) is 48.4 Å². The lowest BCUT2D eigenvalue weighted by molar-refractivity contribution is -0.126. The zero-order valence-electron chi connectivity index (χ0n) is 14.8. The van der Waals surface area contributed by atoms with Crippen molar-refractivity contribution in [1.82, 2.24) is 15.5 Å². The van der Waals surface area contributed by atoms with Crippen LogP contribution in [-0.2, 0) is 9.59 Å². The van der Waals surface area contributed by atoms with E-state index in [1.807, 2.05) is 0 Å². The van der Waals surface area contributed by atoms with Gasteiger partial charge in [0.2, 0.25) is 11.8 Å². The fraction of sp³-hybridized carbons (Fsp3) is 0.389. The predicted octanol–water partition coefficient (Wildman–Crippen LogP) is 2.80. The summed E-state index contributed by atoms with van der Waals surface area (Å²) in [6.07, 6.45) is 3.91. The lowest BCUT2D eigenvalue weighted by atomic mass is 10.0. The van der Waals surface area contributed by atoms with Gasteiger partial charge >= 0.3 is 6.03 Å². The highest BCUT2D eigenvalue weighted by atomic mass is 35.5. The minimum absolute atomic E-state index is 0.0407. The molecule has 7 nitrogen and oxygen atoms in total. The third-order valence-corrected chi connectivity index (χ3v) is 4.85. The molecule has 9 heteroatoms. The van der Waals surface area contributed by atoms with Crippen molar-refractivity contribution in [2.75, 3.05) is 25.0 Å². The first-order valence-electron chi connectivity index (χ1n) is 8.59. The molecular formula is C18H22Cl2N4O3. The van der Waals surface area contributed by atoms with Gasteiger partial charge in [-0.3, -0.25) is 19.8 Å². The van der Waals surface area contributed by atoms with Gasteiger partial charge in [-0.25, -0.2) is 4.79 Å². The number of piperidine rings is 1. The molecule has 1 atom stereocenters. The van der Waals surface area contributed by atoms with Crippen LogP contribution in [0.25, 0.3) is 0 Å². The molecule has 4 amide bonds. The number of halogens is 2. The topological polar surface area (TPSA) is 90.5 Å². The minimum Gasteiger partial charge on any atom is -0.334 e. The van der Waals surface area contributed by atoms with Gasteiger partial charge in [0.1, 0.15) is 0 Å². The smallest absolute Gasteiger partial charge is 0.321 e. The van der Waals surface area contributed by atoms with Crippen molar-refractivity contribution in [3.8, 4) is 0 Å². The van der Waals surface area contributed by atoms with Crippen LogP contribution in [0.3, 0.4) is 0 Å². The number of hydrogen-bond donors (Lipinski definition) is 3. The van der Waals surface area contributed by atoms with Gasteiger partial charge in [0.15, 0.2) is 0 Å². The molecule has 1 aromatic carbocycles. The molecule has 146 valence electrons. The number of rotatable bonds is 6. The Labute approximate surface area is 168 Å². The number of likely N-dealkylation sites (tertiary alicyclic amines) is 1. The van der Waals surface area contributed by atoms with E-state index in [1.54, 1.807) is 23.1 Å². The van der Waals surface area contributed by atoms with E-state index in [0.717, 1.165) is 12.8 Å². The van der Waals surface area contributed by atoms with Gasteiger partial charge in [-0.1, -0.05) is 35.7 Å². The molecule has 1 fully saturated rings. The number of hydrogen-bond acceptors (Lipinski definition) is 4. The molecule has 1 aliphatic rings. The standard InChI is InChI=1S/C18H22Cl2N4O3/c1-2-8-21-18(27)23-16(25)11-24-9-4-3-5-15(24)17(26)22-12-6-7-13(19)14(20)10-12/h2,6-7,10,15H,1,3-5,8-9,11H2,(H,22,26)(H2,21,23,25,27). The Morgan fingerprint density at radius 1 is 1.22 bits per heavy atom. The molecule has 1 heterocycles. The number of carbonyl (C=O) groups excluding carboxylic acids is 3. The van der Waals surface area contributed by atoms with Crippen molar-refractivity contribution in [1.29, 1.82) is 0 Å². The fourth-order valence-corrected chi connectivity index (χ4v) is 3.13. The Morgan fingerprint density at radius 2 is 2.00 bits per heavy atom. The fourth-order valence-electron chi connectivity index (χ4n) is 2.84. The average molecular weight is 413 g/mol. The van der Waals surface area contributed by atoms with Gasteiger partial charge in [-0.15, -0.1) is 6.58 Å². The van der Waals surface area contributed by atoms with E-state index < -0.39 is 18.0 Å². The van der Waals surface area contributed by atoms with Crippen LogP contribution >= 0.6 is 23.2 Å². The van der Waals surface area contributed by atoms with E-state index in [9.17, 15) is 14.4 Å². The summed E-state index contributed by atoms with van der Waals surface area (Å²) < 4.78 is 0. The molecule has 0 saturated carbocycles. The maximum atomic E-state index is 12.7. The molecule has 1 saturated heterocycles. The molecule has 0 bridgehead atoms. The number of anilines is 1. The van der Waals surface area contributed by atoms with Crippen LogP contribution in [0.2, 0.25) is 10.0 Å². The highest BCUT2D eigenvalue weighted by Crippen LogP contribution is 2.26. The second kappa shape index (κ2) is 10.3. The molecule has 0 aliphatic carbocycles. The summed E-state index contributed by atoms with van der Waals surface area (Å²) in [6, 6.07) is 3.79. The second-order valence-corrected chi connectivity index (χ2v) is 6.96. The Bertz CT molecular complexity index is 727. The summed E-state index contributed by atoms with van der Waals surface area (Å²) in [5, 5.41) is 8.27. The summed E-state index contributed by atoms with van der Waals surface area (Å²) in [4.78, 5) is 38.1. The van der Waals surface area contributed by atoms with Crippen molar-refractivity contribution in [2.24, 2.45) is 0 Å². The van der Waals surface area contributed by atoms with Crippen molar-refractivity contribution >= 4 is 46.7 Å². The van der Waals surface area contributed by atoms with Crippen LogP contribution < -0.4 is 16.0 Å². The Kier molecular flexibility index (Phi) is 8.09. The largest absolute Gasteiger partial charge is 0.334 e. The Balaban J connectivity index is 1.95. The number of amides is 4. The number of urea groups is 1. The molecule has 2 rings (SSSR count). The van der Waals surface area contributed by atoms with Gasteiger partial charge in [0.05, 0.1) is 22.6 Å². The molecule has 3 N–H and O–H groups in total. The first-order chi connectivity index (χ1) is 12.9. The third kappa shape index (κ3) is 6.53. The molecule has 0 radical (unpaired) electrons. The monoisotopic (exact) mass is 412 g/mol. The van der Waals surface area contributed by atoms with E-state index in [2.05, 4.69) is 22.5 Å². The first-order valence-corrected chi connectivity index (χ1v) is 9.35. The number of carbonyl (C=O) groups is 3. The Morgan fingerprint density at radius 3 is 2.70 bits per heavy atom. The van der Waals surface area contributed by atoms with Crippen molar-refractivity contribution in [3.63, 3.8) is 0 Å². The zero-order chi connectivity index (χ0) is 19.8. The van der Waals surface area contributed by atoms with Gasteiger partial charge in [-0.2, -0.15) is 0 Å². The van der Waals surface area contributed by atoms with Crippen LogP contribution in [0.4, 0.5) is 10.5 Å². The lowest BCUT2D eigenvalue weighted by Gasteiger charge is -2.34. The van der Waals surface area contributed by atoms with E-state index in [-0.39, 0.29) is 19.0 Å². The number of nitrogens with one attached hydrogen (secondary N) is 3. The van der Waals surface area contributed by atoms with Gasteiger partial charge in [0, 0.05) is 12.2 Å². The molecule has 0 spiro atoms. The maximum absolute atomic E-state index is 12.7. The molecule has 0 aromatic heterocycles. The third-order valence-electron chi connectivity index (χ3n) is 4.11. The van der Waals surface area contributed by atoms with Gasteiger partial charge < -0.3 is 10.6 Å². The lowest BCUT2D eigenvalue weighted by Crippen LogP contribution is -2.52. The maximum Gasteiger partial charge on any atom is 0.321 e. The van der Waals surface area contributed by atoms with Gasteiger partial charge in [-0.05, 0) is 37.6 Å². The quantitative estimate of drug-likeness (QED) is 0.626. The van der Waals surface area contributed by atoms with Crippen molar-refractivity contribution < 1.29 is 14.4 Å². The van der Waals surface area contributed by atoms with E-state index in [1.165, 1.54) is 6.08 Å². The number of nitrogens with zero attached hydrogens (tertiary/aromatic N) is 1. The summed E-state index contributed by atoms with van der Waals surface area (Å²) in [6.45, 7) is 4.30. The number of benzene rings is 1. The van der Waals surface area contributed by atoms with Crippen LogP contribution in [0, 0.1) is 0 Å². The molecular weight excluding hydrogens is 391 g/mol. The highest BCUT2D eigenvalue weighted by Gasteiger charge is 2.30. The SMILES string of the molecule is C=CCNC(=O)NC(=O)CN1CCCCC1C(=O)Nc1ccc(Cl)c(Cl)c1. The summed E-state index contributed by atoms with van der Waals surface area (Å²) >= 11 is 11.9. The molecule has 27 heavy (non-hydrogen) atoms. The molecule has 1 aromatic rings. The van der Waals surface area contributed by atoms with E-state index in [4.69, 9.17) is 23.2 Å². The summed E-state index contributed by atoms with van der Waals surface area (Å²) in [5.74, 6) is -0.692. The minimum atomic E-state index is -0.589. The average Bonchev–Trinajstić information content (AvgIpc) is 2.63. The molecule has 1 aliphatic heterocycles. The normalized spacial score (nSPS) is 17.0. The summed E-state index contributed by atoms with van der Waals surface area (Å²) in [7, 11) is 0. The Hall–Kier alpha value is -2.09. The highest BCUT2D eigenvalue weighted by molar-refractivity contribution is 6.42. The summed E-state index contributed by atoms with van der Waals surface area (Å²) in [5.41, 5.74) is 0.535. The zero-order valence-corrected chi connectivity index (χ0v) is 16.3. The van der Waals surface area contributed by atoms with Crippen molar-refractivity contribution in [3.05, 3.63) is 40.9 Å². The van der Waals surface area contributed by atoms with E-state index in [0.29, 0.717) is 28.7 Å². The van der Waals surface area contributed by atoms with Crippen LogP contribution in [0.15, 0.2) is 30.9 Å². The van der Waals surface area contributed by atoms with Crippen LogP contribution in [0.1, 0.15) is 19.3 Å². The van der Waals surface area contributed by atoms with E-state index >= 15 is 0 Å². The number of imide groups is 1.